The van der Waals surface area contributed by atoms with Crippen LogP contribution in [0.5, 0.6) is 0 Å². The van der Waals surface area contributed by atoms with Gasteiger partial charge in [-0.15, -0.1) is 11.8 Å². The number of benzene rings is 2. The molecule has 0 aliphatic carbocycles. The fourth-order valence-electron chi connectivity index (χ4n) is 2.42. The third-order valence-electron chi connectivity index (χ3n) is 4.11. The molecule has 0 aliphatic rings. The van der Waals surface area contributed by atoms with Crippen LogP contribution < -0.4 is 0 Å². The number of ketones is 1. The summed E-state index contributed by atoms with van der Waals surface area (Å²) in [6, 6.07) is 18.6. The molecule has 0 N–H and O–H groups in total. The molecule has 0 heterocycles. The van der Waals surface area contributed by atoms with Gasteiger partial charge in [0.1, 0.15) is 0 Å². The zero-order chi connectivity index (χ0) is 19.8. The van der Waals surface area contributed by atoms with E-state index in [0.29, 0.717) is 16.9 Å². The molecule has 0 saturated heterocycles. The summed E-state index contributed by atoms with van der Waals surface area (Å²) in [5.41, 5.74) is 1.49. The average molecular weight is 381 g/mol. The van der Waals surface area contributed by atoms with E-state index in [2.05, 4.69) is 0 Å². The third kappa shape index (κ3) is 5.66. The smallest absolute Gasteiger partial charge is 0.254 e. The Balaban J connectivity index is 2.34. The summed E-state index contributed by atoms with van der Waals surface area (Å²) < 4.78 is 0. The number of amides is 2. The molecule has 2 aromatic rings. The lowest BCUT2D eigenvalue weighted by molar-refractivity contribution is -0.138. The Hall–Kier alpha value is -2.66. The van der Waals surface area contributed by atoms with E-state index >= 15 is 0 Å². The molecule has 140 valence electrons. The SMILES string of the molecule is CCC(S/C(=C/C(=O)N(C)C(C)=O)c1ccccc1)C(=O)c1ccccc1. The van der Waals surface area contributed by atoms with E-state index in [1.54, 1.807) is 12.1 Å². The highest BCUT2D eigenvalue weighted by Crippen LogP contribution is 2.34. The van der Waals surface area contributed by atoms with Gasteiger partial charge in [0.25, 0.3) is 5.91 Å². The van der Waals surface area contributed by atoms with Crippen molar-refractivity contribution >= 4 is 34.3 Å². The van der Waals surface area contributed by atoms with Crippen LogP contribution in [0.2, 0.25) is 0 Å². The maximum atomic E-state index is 12.9. The highest BCUT2D eigenvalue weighted by molar-refractivity contribution is 8.09. The maximum Gasteiger partial charge on any atom is 0.254 e. The van der Waals surface area contributed by atoms with Crippen molar-refractivity contribution in [3.05, 3.63) is 77.9 Å². The number of likely N-dealkylation sites (N-methyl/N-ethyl adjacent to an activating group) is 1. The Morgan fingerprint density at radius 3 is 1.96 bits per heavy atom. The zero-order valence-corrected chi connectivity index (χ0v) is 16.5. The molecule has 4 nitrogen and oxygen atoms in total. The van der Waals surface area contributed by atoms with Crippen LogP contribution in [0.4, 0.5) is 0 Å². The molecular weight excluding hydrogens is 358 g/mol. The summed E-state index contributed by atoms with van der Waals surface area (Å²) >= 11 is 1.36. The number of Topliss-reactive ketones (excluding diaryl/α,β-unsaturated/α-hetero) is 1. The summed E-state index contributed by atoms with van der Waals surface area (Å²) in [4.78, 5) is 38.5. The molecule has 0 saturated carbocycles. The monoisotopic (exact) mass is 381 g/mol. The Labute approximate surface area is 164 Å². The number of rotatable bonds is 7. The molecule has 0 aliphatic heterocycles. The van der Waals surface area contributed by atoms with Gasteiger partial charge in [0.2, 0.25) is 5.91 Å². The second-order valence-corrected chi connectivity index (χ2v) is 7.28. The summed E-state index contributed by atoms with van der Waals surface area (Å²) in [7, 11) is 1.45. The molecule has 2 rings (SSSR count). The molecule has 2 amide bonds. The molecule has 0 radical (unpaired) electrons. The topological polar surface area (TPSA) is 54.5 Å². The van der Waals surface area contributed by atoms with Crippen molar-refractivity contribution in [1.29, 1.82) is 0 Å². The lowest BCUT2D eigenvalue weighted by atomic mass is 10.1. The Morgan fingerprint density at radius 2 is 1.48 bits per heavy atom. The number of hydrogen-bond acceptors (Lipinski definition) is 4. The number of carbonyl (C=O) groups excluding carboxylic acids is 3. The molecule has 1 unspecified atom stereocenters. The van der Waals surface area contributed by atoms with Crippen molar-refractivity contribution in [2.24, 2.45) is 0 Å². The first-order chi connectivity index (χ1) is 12.9. The van der Waals surface area contributed by atoms with E-state index in [4.69, 9.17) is 0 Å². The van der Waals surface area contributed by atoms with E-state index in [1.165, 1.54) is 31.8 Å². The predicted octanol–water partition coefficient (Wildman–Crippen LogP) is 4.43. The van der Waals surface area contributed by atoms with Crippen LogP contribution in [-0.4, -0.2) is 34.8 Å². The standard InChI is InChI=1S/C22H23NO3S/c1-4-19(22(26)18-13-9-6-10-14-18)27-20(17-11-7-5-8-12-17)15-21(25)23(3)16(2)24/h5-15,19H,4H2,1-3H3/b20-15+. The molecule has 1 atom stereocenters. The predicted molar refractivity (Wildman–Crippen MR) is 110 cm³/mol. The number of nitrogens with zero attached hydrogens (tertiary/aromatic N) is 1. The molecule has 27 heavy (non-hydrogen) atoms. The minimum atomic E-state index is -0.407. The fourth-order valence-corrected chi connectivity index (χ4v) is 3.57. The normalized spacial score (nSPS) is 12.3. The van der Waals surface area contributed by atoms with Crippen LogP contribution in [-0.2, 0) is 9.59 Å². The summed E-state index contributed by atoms with van der Waals surface area (Å²) in [6.07, 6.45) is 2.06. The van der Waals surface area contributed by atoms with Crippen molar-refractivity contribution < 1.29 is 14.4 Å². The van der Waals surface area contributed by atoms with Gasteiger partial charge in [0, 0.05) is 30.5 Å². The zero-order valence-electron chi connectivity index (χ0n) is 15.7. The first kappa shape index (κ1) is 20.6. The lowest BCUT2D eigenvalue weighted by Crippen LogP contribution is -2.29. The Kier molecular flexibility index (Phi) is 7.55. The van der Waals surface area contributed by atoms with Crippen molar-refractivity contribution in [1.82, 2.24) is 4.90 Å². The largest absolute Gasteiger partial charge is 0.293 e. The Morgan fingerprint density at radius 1 is 0.963 bits per heavy atom. The average Bonchev–Trinajstić information content (AvgIpc) is 2.71. The van der Waals surface area contributed by atoms with E-state index in [1.807, 2.05) is 55.5 Å². The second kappa shape index (κ2) is 9.88. The first-order valence-electron chi connectivity index (χ1n) is 8.75. The molecular formula is C22H23NO3S. The molecule has 0 aromatic heterocycles. The number of imide groups is 1. The maximum absolute atomic E-state index is 12.9. The van der Waals surface area contributed by atoms with Gasteiger partial charge in [-0.2, -0.15) is 0 Å². The van der Waals surface area contributed by atoms with Crippen molar-refractivity contribution in [2.45, 2.75) is 25.5 Å². The molecule has 2 aromatic carbocycles. The highest BCUT2D eigenvalue weighted by Gasteiger charge is 2.22. The summed E-state index contributed by atoms with van der Waals surface area (Å²) in [6.45, 7) is 3.29. The van der Waals surface area contributed by atoms with Gasteiger partial charge in [-0.25, -0.2) is 0 Å². The van der Waals surface area contributed by atoms with Gasteiger partial charge in [0.05, 0.1) is 5.25 Å². The first-order valence-corrected chi connectivity index (χ1v) is 9.63. The van der Waals surface area contributed by atoms with Crippen molar-refractivity contribution in [2.75, 3.05) is 7.05 Å². The highest BCUT2D eigenvalue weighted by atomic mass is 32.2. The molecule has 0 fully saturated rings. The Bertz CT molecular complexity index is 831. The van der Waals surface area contributed by atoms with E-state index in [0.717, 1.165) is 10.5 Å². The van der Waals surface area contributed by atoms with E-state index in [9.17, 15) is 14.4 Å². The van der Waals surface area contributed by atoms with Crippen molar-refractivity contribution in [3.8, 4) is 0 Å². The minimum absolute atomic E-state index is 0.0253. The quantitative estimate of drug-likeness (QED) is 0.526. The van der Waals surface area contributed by atoms with Crippen LogP contribution in [0.1, 0.15) is 36.2 Å². The number of hydrogen-bond donors (Lipinski definition) is 0. The van der Waals surface area contributed by atoms with Gasteiger partial charge < -0.3 is 0 Å². The van der Waals surface area contributed by atoms with Gasteiger partial charge in [0.15, 0.2) is 5.78 Å². The molecule has 0 spiro atoms. The van der Waals surface area contributed by atoms with E-state index < -0.39 is 5.91 Å². The van der Waals surface area contributed by atoms with Crippen LogP contribution in [0.25, 0.3) is 4.91 Å². The van der Waals surface area contributed by atoms with Crippen LogP contribution in [0.3, 0.4) is 0 Å². The van der Waals surface area contributed by atoms with Gasteiger partial charge in [-0.05, 0) is 12.0 Å². The van der Waals surface area contributed by atoms with Gasteiger partial charge in [-0.1, -0.05) is 67.6 Å². The molecule has 0 bridgehead atoms. The summed E-state index contributed by atoms with van der Waals surface area (Å²) in [5, 5.41) is -0.325. The van der Waals surface area contributed by atoms with Crippen molar-refractivity contribution in [3.63, 3.8) is 0 Å². The summed E-state index contributed by atoms with van der Waals surface area (Å²) in [5.74, 6) is -0.714. The number of thioether (sulfide) groups is 1. The second-order valence-electron chi connectivity index (χ2n) is 6.04. The van der Waals surface area contributed by atoms with Crippen LogP contribution in [0, 0.1) is 0 Å². The minimum Gasteiger partial charge on any atom is -0.293 e. The van der Waals surface area contributed by atoms with Crippen LogP contribution in [0.15, 0.2) is 66.7 Å². The van der Waals surface area contributed by atoms with E-state index in [-0.39, 0.29) is 16.9 Å². The van der Waals surface area contributed by atoms with Crippen LogP contribution >= 0.6 is 11.8 Å². The van der Waals surface area contributed by atoms with Gasteiger partial charge in [-0.3, -0.25) is 19.3 Å². The number of carbonyl (C=O) groups is 3. The molecule has 5 heteroatoms. The lowest BCUT2D eigenvalue weighted by Gasteiger charge is -2.17. The third-order valence-corrected chi connectivity index (χ3v) is 5.55. The fraction of sp³-hybridized carbons (Fsp3) is 0.227. The van der Waals surface area contributed by atoms with Gasteiger partial charge >= 0.3 is 0 Å².